The number of thiophene rings is 1. The summed E-state index contributed by atoms with van der Waals surface area (Å²) in [6.45, 7) is 2.01. The lowest BCUT2D eigenvalue weighted by Crippen LogP contribution is -2.30. The summed E-state index contributed by atoms with van der Waals surface area (Å²) >= 11 is 1.36. The number of aryl methyl sites for hydroxylation is 1. The zero-order valence-electron chi connectivity index (χ0n) is 11.7. The van der Waals surface area contributed by atoms with E-state index in [1.807, 2.05) is 0 Å². The van der Waals surface area contributed by atoms with Crippen LogP contribution in [0.15, 0.2) is 12.2 Å². The number of nitrogens with zero attached hydrogens (tertiary/aromatic N) is 1. The number of fused-ring (bicyclic) bond motifs is 1. The number of ether oxygens (including phenoxy) is 1. The summed E-state index contributed by atoms with van der Waals surface area (Å²) in [6.07, 6.45) is 6.22. The molecule has 110 valence electrons. The Bertz CT molecular complexity index is 641. The second-order valence-electron chi connectivity index (χ2n) is 4.96. The van der Waals surface area contributed by atoms with E-state index in [2.05, 4.69) is 0 Å². The van der Waals surface area contributed by atoms with E-state index >= 15 is 0 Å². The number of rotatable bonds is 3. The van der Waals surface area contributed by atoms with Gasteiger partial charge in [0.15, 0.2) is 0 Å². The molecule has 0 unspecified atom stereocenters. The molecule has 1 aliphatic carbocycles. The van der Waals surface area contributed by atoms with Gasteiger partial charge >= 0.3 is 5.97 Å². The first-order chi connectivity index (χ1) is 10.1. The van der Waals surface area contributed by atoms with Gasteiger partial charge in [0.25, 0.3) is 11.8 Å². The molecular formula is C15H15NO4S. The highest BCUT2D eigenvalue weighted by Crippen LogP contribution is 2.41. The lowest BCUT2D eigenvalue weighted by atomic mass is 9.95. The molecule has 0 saturated heterocycles. The van der Waals surface area contributed by atoms with E-state index in [9.17, 15) is 14.4 Å². The van der Waals surface area contributed by atoms with Gasteiger partial charge in [-0.25, -0.2) is 9.69 Å². The first-order valence-electron chi connectivity index (χ1n) is 7.01. The van der Waals surface area contributed by atoms with E-state index in [0.717, 1.165) is 41.0 Å². The number of amides is 2. The number of anilines is 1. The molecule has 2 heterocycles. The summed E-state index contributed by atoms with van der Waals surface area (Å²) in [5, 5.41) is 0.417. The highest BCUT2D eigenvalue weighted by atomic mass is 32.1. The van der Waals surface area contributed by atoms with Crippen molar-refractivity contribution >= 4 is 34.1 Å². The van der Waals surface area contributed by atoms with Gasteiger partial charge in [-0.3, -0.25) is 9.59 Å². The van der Waals surface area contributed by atoms with Crippen LogP contribution in [0.5, 0.6) is 0 Å². The second kappa shape index (κ2) is 5.44. The lowest BCUT2D eigenvalue weighted by Gasteiger charge is -2.15. The maximum Gasteiger partial charge on any atom is 0.341 e. The molecule has 0 spiro atoms. The highest BCUT2D eigenvalue weighted by molar-refractivity contribution is 7.17. The molecule has 3 rings (SSSR count). The molecule has 0 N–H and O–H groups in total. The van der Waals surface area contributed by atoms with Crippen LogP contribution in [0.4, 0.5) is 5.00 Å². The number of esters is 1. The summed E-state index contributed by atoms with van der Waals surface area (Å²) in [7, 11) is 0. The van der Waals surface area contributed by atoms with Crippen molar-refractivity contribution in [3.05, 3.63) is 28.2 Å². The van der Waals surface area contributed by atoms with Crippen LogP contribution >= 0.6 is 11.3 Å². The standard InChI is InChI=1S/C15H15NO4S/c1-2-20-15(19)13-9-5-3-4-6-10(9)21-14(13)16-11(17)7-8-12(16)18/h7-8H,2-6H2,1H3. The van der Waals surface area contributed by atoms with E-state index in [4.69, 9.17) is 4.74 Å². The van der Waals surface area contributed by atoms with Gasteiger partial charge in [-0.1, -0.05) is 0 Å². The Morgan fingerprint density at radius 2 is 1.90 bits per heavy atom. The van der Waals surface area contributed by atoms with Gasteiger partial charge in [0.1, 0.15) is 5.00 Å². The summed E-state index contributed by atoms with van der Waals surface area (Å²) < 4.78 is 5.12. The average molecular weight is 305 g/mol. The highest BCUT2D eigenvalue weighted by Gasteiger charge is 2.35. The molecule has 2 amide bonds. The van der Waals surface area contributed by atoms with Gasteiger partial charge < -0.3 is 4.74 Å². The number of imide groups is 1. The van der Waals surface area contributed by atoms with Crippen molar-refractivity contribution in [1.29, 1.82) is 0 Å². The molecule has 0 fully saturated rings. The second-order valence-corrected chi connectivity index (χ2v) is 6.04. The van der Waals surface area contributed by atoms with Crippen LogP contribution in [0.25, 0.3) is 0 Å². The van der Waals surface area contributed by atoms with Crippen LogP contribution < -0.4 is 4.90 Å². The van der Waals surface area contributed by atoms with E-state index in [1.54, 1.807) is 6.92 Å². The van der Waals surface area contributed by atoms with Crippen LogP contribution in [0.2, 0.25) is 0 Å². The molecule has 21 heavy (non-hydrogen) atoms. The summed E-state index contributed by atoms with van der Waals surface area (Å²) in [5.41, 5.74) is 1.36. The third-order valence-electron chi connectivity index (χ3n) is 3.64. The summed E-state index contributed by atoms with van der Waals surface area (Å²) in [5.74, 6) is -1.24. The van der Waals surface area contributed by atoms with Gasteiger partial charge in [0, 0.05) is 17.0 Å². The van der Waals surface area contributed by atoms with Crippen LogP contribution in [0.3, 0.4) is 0 Å². The molecule has 1 aromatic heterocycles. The minimum Gasteiger partial charge on any atom is -0.462 e. The largest absolute Gasteiger partial charge is 0.462 e. The molecule has 0 bridgehead atoms. The Morgan fingerprint density at radius 3 is 2.57 bits per heavy atom. The van der Waals surface area contributed by atoms with Crippen LogP contribution in [0, 0.1) is 0 Å². The molecule has 0 aromatic carbocycles. The first-order valence-corrected chi connectivity index (χ1v) is 7.83. The third kappa shape index (κ3) is 2.29. The maximum atomic E-state index is 12.3. The van der Waals surface area contributed by atoms with Crippen molar-refractivity contribution < 1.29 is 19.1 Å². The Labute approximate surface area is 126 Å². The van der Waals surface area contributed by atoms with Crippen molar-refractivity contribution in [2.75, 3.05) is 11.5 Å². The molecule has 5 nitrogen and oxygen atoms in total. The van der Waals surface area contributed by atoms with Crippen molar-refractivity contribution in [1.82, 2.24) is 0 Å². The zero-order chi connectivity index (χ0) is 15.0. The van der Waals surface area contributed by atoms with Crippen molar-refractivity contribution in [2.45, 2.75) is 32.6 Å². The van der Waals surface area contributed by atoms with E-state index in [0.29, 0.717) is 10.6 Å². The molecule has 0 saturated carbocycles. The van der Waals surface area contributed by atoms with Gasteiger partial charge in [0.05, 0.1) is 12.2 Å². The molecular weight excluding hydrogens is 290 g/mol. The van der Waals surface area contributed by atoms with Crippen LogP contribution in [-0.4, -0.2) is 24.4 Å². The van der Waals surface area contributed by atoms with E-state index in [1.165, 1.54) is 23.5 Å². The van der Waals surface area contributed by atoms with E-state index < -0.39 is 17.8 Å². The van der Waals surface area contributed by atoms with Gasteiger partial charge in [-0.05, 0) is 38.2 Å². The molecule has 1 aliphatic heterocycles. The van der Waals surface area contributed by atoms with Crippen molar-refractivity contribution in [2.24, 2.45) is 0 Å². The average Bonchev–Trinajstić information content (AvgIpc) is 2.99. The fourth-order valence-electron chi connectivity index (χ4n) is 2.72. The number of hydrogen-bond donors (Lipinski definition) is 0. The lowest BCUT2D eigenvalue weighted by molar-refractivity contribution is -0.119. The molecule has 6 heteroatoms. The SMILES string of the molecule is CCOC(=O)c1c(N2C(=O)C=CC2=O)sc2c1CCCC2. The summed E-state index contributed by atoms with van der Waals surface area (Å²) in [6, 6.07) is 0. The monoisotopic (exact) mass is 305 g/mol. The predicted molar refractivity (Wildman–Crippen MR) is 78.6 cm³/mol. The molecule has 2 aliphatic rings. The quantitative estimate of drug-likeness (QED) is 0.634. The number of carbonyl (C=O) groups is 3. The fourth-order valence-corrected chi connectivity index (χ4v) is 4.11. The van der Waals surface area contributed by atoms with Crippen molar-refractivity contribution in [3.63, 3.8) is 0 Å². The molecule has 0 radical (unpaired) electrons. The molecule has 1 aromatic rings. The predicted octanol–water partition coefficient (Wildman–Crippen LogP) is 2.23. The minimum absolute atomic E-state index is 0.267. The van der Waals surface area contributed by atoms with Gasteiger partial charge in [0.2, 0.25) is 0 Å². The number of hydrogen-bond acceptors (Lipinski definition) is 5. The number of carbonyl (C=O) groups excluding carboxylic acids is 3. The topological polar surface area (TPSA) is 63.7 Å². The van der Waals surface area contributed by atoms with Crippen LogP contribution in [-0.2, 0) is 27.2 Å². The molecule has 0 atom stereocenters. The van der Waals surface area contributed by atoms with Gasteiger partial charge in [-0.2, -0.15) is 0 Å². The van der Waals surface area contributed by atoms with E-state index in [-0.39, 0.29) is 6.61 Å². The van der Waals surface area contributed by atoms with Gasteiger partial charge in [-0.15, -0.1) is 11.3 Å². The Morgan fingerprint density at radius 1 is 1.24 bits per heavy atom. The smallest absolute Gasteiger partial charge is 0.341 e. The maximum absolute atomic E-state index is 12.3. The Balaban J connectivity index is 2.11. The van der Waals surface area contributed by atoms with Crippen molar-refractivity contribution in [3.8, 4) is 0 Å². The first kappa shape index (κ1) is 14.0. The Kier molecular flexibility index (Phi) is 3.63. The Hall–Kier alpha value is -1.95. The minimum atomic E-state index is -0.445. The zero-order valence-corrected chi connectivity index (χ0v) is 12.5. The summed E-state index contributed by atoms with van der Waals surface area (Å²) in [4.78, 5) is 38.3. The third-order valence-corrected chi connectivity index (χ3v) is 4.92. The fraction of sp³-hybridized carbons (Fsp3) is 0.400. The normalized spacial score (nSPS) is 17.3. The van der Waals surface area contributed by atoms with Crippen LogP contribution in [0.1, 0.15) is 40.6 Å².